The van der Waals surface area contributed by atoms with Gasteiger partial charge in [-0.15, -0.1) is 24.0 Å². The molecule has 160 valence electrons. The van der Waals surface area contributed by atoms with Crippen molar-refractivity contribution in [1.29, 1.82) is 0 Å². The van der Waals surface area contributed by atoms with Crippen LogP contribution in [0.15, 0.2) is 4.99 Å². The van der Waals surface area contributed by atoms with Crippen molar-refractivity contribution in [3.63, 3.8) is 0 Å². The zero-order valence-corrected chi connectivity index (χ0v) is 20.1. The van der Waals surface area contributed by atoms with Crippen molar-refractivity contribution in [2.24, 2.45) is 10.4 Å². The molecule has 0 bridgehead atoms. The number of nitrogens with one attached hydrogen (secondary N) is 2. The quantitative estimate of drug-likeness (QED) is 0.291. The molecule has 1 saturated heterocycles. The Hall–Kier alpha value is -0.120. The molecular weight excluding hydrogens is 457 g/mol. The maximum absolute atomic E-state index is 6.00. The fourth-order valence-electron chi connectivity index (χ4n) is 4.46. The van der Waals surface area contributed by atoms with E-state index in [4.69, 9.17) is 19.2 Å². The topological polar surface area (TPSA) is 64.1 Å². The molecule has 0 aromatic heterocycles. The van der Waals surface area contributed by atoms with E-state index >= 15 is 0 Å². The highest BCUT2D eigenvalue weighted by Crippen LogP contribution is 2.48. The third-order valence-electron chi connectivity index (χ3n) is 6.49. The summed E-state index contributed by atoms with van der Waals surface area (Å²) in [5.74, 6) is 0.890. The zero-order chi connectivity index (χ0) is 19.0. The van der Waals surface area contributed by atoms with Crippen LogP contribution in [0.5, 0.6) is 0 Å². The lowest BCUT2D eigenvalue weighted by atomic mass is 9.58. The Morgan fingerprint density at radius 1 is 1.15 bits per heavy atom. The largest absolute Gasteiger partial charge is 0.381 e. The Kier molecular flexibility index (Phi) is 10.9. The predicted molar refractivity (Wildman–Crippen MR) is 121 cm³/mol. The van der Waals surface area contributed by atoms with Gasteiger partial charge in [-0.1, -0.05) is 13.8 Å². The first-order chi connectivity index (χ1) is 12.6. The molecule has 7 heteroatoms. The number of aliphatic imine (C=N–C) groups is 1. The van der Waals surface area contributed by atoms with Crippen molar-refractivity contribution in [1.82, 2.24) is 10.6 Å². The molecule has 2 unspecified atom stereocenters. The van der Waals surface area contributed by atoms with Gasteiger partial charge in [0.15, 0.2) is 5.96 Å². The second-order valence-corrected chi connectivity index (χ2v) is 7.51. The molecule has 1 aliphatic heterocycles. The fraction of sp³-hybridized carbons (Fsp3) is 0.950. The molecule has 0 radical (unpaired) electrons. The van der Waals surface area contributed by atoms with Gasteiger partial charge in [-0.05, 0) is 33.1 Å². The van der Waals surface area contributed by atoms with Crippen LogP contribution >= 0.6 is 24.0 Å². The van der Waals surface area contributed by atoms with E-state index in [2.05, 4.69) is 38.3 Å². The standard InChI is InChI=1S/C20H39N3O3.HI/c1-6-20(7-2)16(14-17(20)26-9-4)23-18(21-8-3)22-15-19(24-5)10-12-25-13-11-19;/h16-17H,6-15H2,1-5H3,(H2,21,22,23);1H. The van der Waals surface area contributed by atoms with Crippen molar-refractivity contribution >= 4 is 29.9 Å². The summed E-state index contributed by atoms with van der Waals surface area (Å²) in [6.45, 7) is 12.5. The number of hydrogen-bond donors (Lipinski definition) is 2. The highest BCUT2D eigenvalue weighted by Gasteiger charge is 2.53. The van der Waals surface area contributed by atoms with E-state index < -0.39 is 0 Å². The van der Waals surface area contributed by atoms with E-state index in [1.54, 1.807) is 7.11 Å². The Bertz CT molecular complexity index is 452. The minimum absolute atomic E-state index is 0. The summed E-state index contributed by atoms with van der Waals surface area (Å²) in [7, 11) is 1.79. The Labute approximate surface area is 182 Å². The van der Waals surface area contributed by atoms with E-state index in [9.17, 15) is 0 Å². The van der Waals surface area contributed by atoms with Crippen LogP contribution in [0.2, 0.25) is 0 Å². The van der Waals surface area contributed by atoms with E-state index in [1.807, 2.05) is 0 Å². The summed E-state index contributed by atoms with van der Waals surface area (Å²) in [5.41, 5.74) is 0.00446. The van der Waals surface area contributed by atoms with Crippen LogP contribution in [0.1, 0.15) is 59.8 Å². The smallest absolute Gasteiger partial charge is 0.191 e. The van der Waals surface area contributed by atoms with Gasteiger partial charge in [0.2, 0.25) is 0 Å². The summed E-state index contributed by atoms with van der Waals surface area (Å²) in [6.07, 6.45) is 5.42. The lowest BCUT2D eigenvalue weighted by Gasteiger charge is -2.55. The monoisotopic (exact) mass is 497 g/mol. The summed E-state index contributed by atoms with van der Waals surface area (Å²) in [5, 5.41) is 7.10. The Morgan fingerprint density at radius 3 is 2.33 bits per heavy atom. The molecule has 2 N–H and O–H groups in total. The van der Waals surface area contributed by atoms with Crippen molar-refractivity contribution in [2.75, 3.05) is 40.0 Å². The van der Waals surface area contributed by atoms with Gasteiger partial charge in [-0.2, -0.15) is 0 Å². The Balaban J connectivity index is 0.00000364. The SMILES string of the molecule is CCNC(=NCC1(OC)CCOCC1)NC1CC(OCC)C1(CC)CC.I. The van der Waals surface area contributed by atoms with E-state index in [1.165, 1.54) is 0 Å². The van der Waals surface area contributed by atoms with Gasteiger partial charge in [-0.3, -0.25) is 4.99 Å². The van der Waals surface area contributed by atoms with E-state index in [-0.39, 0.29) is 35.0 Å². The second-order valence-electron chi connectivity index (χ2n) is 7.51. The fourth-order valence-corrected chi connectivity index (χ4v) is 4.46. The van der Waals surface area contributed by atoms with E-state index in [0.29, 0.717) is 18.7 Å². The highest BCUT2D eigenvalue weighted by molar-refractivity contribution is 14.0. The molecule has 0 amide bonds. The number of halogens is 1. The summed E-state index contributed by atoms with van der Waals surface area (Å²) in [6, 6.07) is 0.403. The summed E-state index contributed by atoms with van der Waals surface area (Å²) in [4.78, 5) is 4.88. The van der Waals surface area contributed by atoms with Crippen LogP contribution in [0.4, 0.5) is 0 Å². The third-order valence-corrected chi connectivity index (χ3v) is 6.49. The first kappa shape index (κ1) is 24.9. The maximum Gasteiger partial charge on any atom is 0.191 e. The normalized spacial score (nSPS) is 26.6. The molecule has 6 nitrogen and oxygen atoms in total. The number of hydrogen-bond acceptors (Lipinski definition) is 4. The maximum atomic E-state index is 6.00. The number of nitrogens with zero attached hydrogens (tertiary/aromatic N) is 1. The van der Waals surface area contributed by atoms with E-state index in [0.717, 1.165) is 64.4 Å². The van der Waals surface area contributed by atoms with Gasteiger partial charge in [0.25, 0.3) is 0 Å². The van der Waals surface area contributed by atoms with Crippen LogP contribution in [-0.2, 0) is 14.2 Å². The molecular formula is C20H40IN3O3. The average Bonchev–Trinajstić information content (AvgIpc) is 2.67. The predicted octanol–water partition coefficient (Wildman–Crippen LogP) is 3.34. The average molecular weight is 497 g/mol. The van der Waals surface area contributed by atoms with Gasteiger partial charge < -0.3 is 24.8 Å². The molecule has 1 saturated carbocycles. The number of methoxy groups -OCH3 is 1. The lowest BCUT2D eigenvalue weighted by Crippen LogP contribution is -2.65. The molecule has 2 rings (SSSR count). The van der Waals surface area contributed by atoms with Crippen LogP contribution in [-0.4, -0.2) is 63.7 Å². The molecule has 1 heterocycles. The molecule has 1 aliphatic carbocycles. The number of rotatable bonds is 9. The van der Waals surface area contributed by atoms with Gasteiger partial charge in [0.05, 0.1) is 18.2 Å². The van der Waals surface area contributed by atoms with Crippen molar-refractivity contribution in [3.8, 4) is 0 Å². The van der Waals surface area contributed by atoms with Crippen LogP contribution in [0, 0.1) is 5.41 Å². The Morgan fingerprint density at radius 2 is 1.81 bits per heavy atom. The molecule has 0 aromatic rings. The zero-order valence-electron chi connectivity index (χ0n) is 17.8. The lowest BCUT2D eigenvalue weighted by molar-refractivity contribution is -0.133. The molecule has 2 atom stereocenters. The second kappa shape index (κ2) is 11.8. The van der Waals surface area contributed by atoms with Crippen LogP contribution < -0.4 is 10.6 Å². The first-order valence-corrected chi connectivity index (χ1v) is 10.4. The minimum atomic E-state index is -0.194. The first-order valence-electron chi connectivity index (χ1n) is 10.4. The van der Waals surface area contributed by atoms with Gasteiger partial charge >= 0.3 is 0 Å². The van der Waals surface area contributed by atoms with Crippen LogP contribution in [0.25, 0.3) is 0 Å². The third kappa shape index (κ3) is 5.70. The van der Waals surface area contributed by atoms with Crippen LogP contribution in [0.3, 0.4) is 0 Å². The van der Waals surface area contributed by atoms with Gasteiger partial charge in [-0.25, -0.2) is 0 Å². The summed E-state index contributed by atoms with van der Waals surface area (Å²) < 4.78 is 17.3. The van der Waals surface area contributed by atoms with Crippen molar-refractivity contribution < 1.29 is 14.2 Å². The molecule has 27 heavy (non-hydrogen) atoms. The number of guanidine groups is 1. The molecule has 0 aromatic carbocycles. The molecule has 0 spiro atoms. The van der Waals surface area contributed by atoms with Crippen molar-refractivity contribution in [2.45, 2.75) is 77.5 Å². The highest BCUT2D eigenvalue weighted by atomic mass is 127. The van der Waals surface area contributed by atoms with Gasteiger partial charge in [0, 0.05) is 57.8 Å². The van der Waals surface area contributed by atoms with Gasteiger partial charge in [0.1, 0.15) is 0 Å². The number of ether oxygens (including phenoxy) is 3. The summed E-state index contributed by atoms with van der Waals surface area (Å²) >= 11 is 0. The minimum Gasteiger partial charge on any atom is -0.381 e. The van der Waals surface area contributed by atoms with Crippen molar-refractivity contribution in [3.05, 3.63) is 0 Å². The molecule has 2 aliphatic rings. The molecule has 2 fully saturated rings.